The molecular weight excluding hydrogens is 437 g/mol. The third kappa shape index (κ3) is 4.41. The summed E-state index contributed by atoms with van der Waals surface area (Å²) in [5.41, 5.74) is 0.00850. The molecule has 1 amide bonds. The average molecular weight is 453 g/mol. The number of benzene rings is 1. The van der Waals surface area contributed by atoms with E-state index in [-0.39, 0.29) is 10.9 Å². The smallest absolute Gasteiger partial charge is 0.352 e. The first-order valence-electron chi connectivity index (χ1n) is 9.11. The summed E-state index contributed by atoms with van der Waals surface area (Å²) in [7, 11) is 0. The number of fused-ring (bicyclic) bond motifs is 1. The maximum absolute atomic E-state index is 12.8. The fraction of sp³-hybridized carbons (Fsp3) is 0.250. The number of rotatable bonds is 3. The highest BCUT2D eigenvalue weighted by atomic mass is 35.5. The Bertz CT molecular complexity index is 1070. The molecule has 2 aromatic heterocycles. The van der Waals surface area contributed by atoms with Gasteiger partial charge in [-0.2, -0.15) is 13.2 Å². The van der Waals surface area contributed by atoms with Crippen molar-refractivity contribution in [2.75, 3.05) is 31.1 Å². The quantitative estimate of drug-likeness (QED) is 0.539. The normalized spacial score (nSPS) is 15.3. The Morgan fingerprint density at radius 3 is 2.57 bits per heavy atom. The SMILES string of the molecule is O=C(/C=C/c1nc2ccccc2s1)N1CCN(c2ncc(C(F)(F)F)cc2Cl)CC1. The monoisotopic (exact) mass is 452 g/mol. The van der Waals surface area contributed by atoms with E-state index in [1.165, 1.54) is 17.4 Å². The molecule has 30 heavy (non-hydrogen) atoms. The van der Waals surface area contributed by atoms with Crippen molar-refractivity contribution in [3.63, 3.8) is 0 Å². The van der Waals surface area contributed by atoms with Crippen molar-refractivity contribution < 1.29 is 18.0 Å². The largest absolute Gasteiger partial charge is 0.417 e. The molecule has 3 heterocycles. The molecule has 1 fully saturated rings. The lowest BCUT2D eigenvalue weighted by atomic mass is 10.2. The number of hydrogen-bond donors (Lipinski definition) is 0. The minimum absolute atomic E-state index is 0.0552. The Morgan fingerprint density at radius 2 is 1.90 bits per heavy atom. The van der Waals surface area contributed by atoms with Crippen molar-refractivity contribution in [2.45, 2.75) is 6.18 Å². The van der Waals surface area contributed by atoms with Crippen LogP contribution in [0.2, 0.25) is 5.02 Å². The summed E-state index contributed by atoms with van der Waals surface area (Å²) in [6.45, 7) is 1.70. The number of para-hydroxylation sites is 1. The van der Waals surface area contributed by atoms with E-state index >= 15 is 0 Å². The molecule has 0 spiro atoms. The molecule has 1 saturated heterocycles. The molecule has 0 saturated carbocycles. The van der Waals surface area contributed by atoms with Crippen molar-refractivity contribution in [2.24, 2.45) is 0 Å². The molecule has 10 heteroatoms. The summed E-state index contributed by atoms with van der Waals surface area (Å²) in [5.74, 6) is 0.155. The summed E-state index contributed by atoms with van der Waals surface area (Å²) >= 11 is 7.53. The molecule has 0 atom stereocenters. The van der Waals surface area contributed by atoms with Gasteiger partial charge in [0.05, 0.1) is 20.8 Å². The number of amides is 1. The number of carbonyl (C=O) groups excluding carboxylic acids is 1. The Balaban J connectivity index is 1.37. The van der Waals surface area contributed by atoms with Crippen molar-refractivity contribution in [1.29, 1.82) is 0 Å². The van der Waals surface area contributed by atoms with Crippen LogP contribution in [0, 0.1) is 0 Å². The summed E-state index contributed by atoms with van der Waals surface area (Å²) in [4.78, 5) is 24.3. The molecule has 1 aliphatic heterocycles. The Hall–Kier alpha value is -2.65. The van der Waals surface area contributed by atoms with Crippen LogP contribution in [0.5, 0.6) is 0 Å². The molecule has 0 aliphatic carbocycles. The summed E-state index contributed by atoms with van der Waals surface area (Å²) in [5, 5.41) is 0.698. The summed E-state index contributed by atoms with van der Waals surface area (Å²) in [6, 6.07) is 8.63. The van der Waals surface area contributed by atoms with E-state index in [0.717, 1.165) is 27.5 Å². The van der Waals surface area contributed by atoms with Gasteiger partial charge in [-0.1, -0.05) is 23.7 Å². The number of halogens is 4. The maximum atomic E-state index is 12.8. The van der Waals surface area contributed by atoms with Crippen molar-refractivity contribution >= 4 is 51.0 Å². The van der Waals surface area contributed by atoms with E-state index in [1.807, 2.05) is 24.3 Å². The Kier molecular flexibility index (Phi) is 5.66. The fourth-order valence-electron chi connectivity index (χ4n) is 3.17. The molecule has 3 aromatic rings. The van der Waals surface area contributed by atoms with Crippen molar-refractivity contribution in [3.05, 3.63) is 58.2 Å². The molecule has 5 nitrogen and oxygen atoms in total. The molecule has 1 aromatic carbocycles. The number of alkyl halides is 3. The van der Waals surface area contributed by atoms with Crippen LogP contribution in [0.1, 0.15) is 10.6 Å². The lowest BCUT2D eigenvalue weighted by Gasteiger charge is -2.35. The minimum Gasteiger partial charge on any atom is -0.352 e. The van der Waals surface area contributed by atoms with Gasteiger partial charge in [0.15, 0.2) is 0 Å². The van der Waals surface area contributed by atoms with E-state index in [2.05, 4.69) is 9.97 Å². The first-order valence-corrected chi connectivity index (χ1v) is 10.3. The standard InChI is InChI=1S/C20H16ClF3N4OS/c21-14-11-13(20(22,23)24)12-25-19(14)28-9-7-27(8-10-28)18(29)6-5-17-26-15-3-1-2-4-16(15)30-17/h1-6,11-12H,7-10H2/b6-5+. The van der Waals surface area contributed by atoms with Gasteiger partial charge in [0.2, 0.25) is 5.91 Å². The molecule has 0 radical (unpaired) electrons. The number of pyridine rings is 1. The lowest BCUT2D eigenvalue weighted by molar-refractivity contribution is -0.137. The number of piperazine rings is 1. The zero-order valence-electron chi connectivity index (χ0n) is 15.6. The van der Waals surface area contributed by atoms with E-state index in [1.54, 1.807) is 15.9 Å². The number of thiazole rings is 1. The fourth-order valence-corrected chi connectivity index (χ4v) is 4.32. The van der Waals surface area contributed by atoms with Crippen molar-refractivity contribution in [3.8, 4) is 0 Å². The second kappa shape index (κ2) is 8.23. The topological polar surface area (TPSA) is 49.3 Å². The summed E-state index contributed by atoms with van der Waals surface area (Å²) < 4.78 is 39.4. The maximum Gasteiger partial charge on any atom is 0.417 e. The predicted molar refractivity (Wildman–Crippen MR) is 112 cm³/mol. The number of aromatic nitrogens is 2. The molecule has 1 aliphatic rings. The highest BCUT2D eigenvalue weighted by molar-refractivity contribution is 7.19. The van der Waals surface area contributed by atoms with Crippen LogP contribution in [0.3, 0.4) is 0 Å². The van der Waals surface area contributed by atoms with Crippen LogP contribution in [0.15, 0.2) is 42.6 Å². The van der Waals surface area contributed by atoms with Gasteiger partial charge >= 0.3 is 6.18 Å². The van der Waals surface area contributed by atoms with Gasteiger partial charge in [-0.05, 0) is 24.3 Å². The third-order valence-electron chi connectivity index (χ3n) is 4.72. The van der Waals surface area contributed by atoms with Gasteiger partial charge in [-0.3, -0.25) is 4.79 Å². The van der Waals surface area contributed by atoms with Gasteiger partial charge in [-0.25, -0.2) is 9.97 Å². The number of carbonyl (C=O) groups is 1. The van der Waals surface area contributed by atoms with Gasteiger partial charge in [0.1, 0.15) is 10.8 Å². The van der Waals surface area contributed by atoms with Crippen LogP contribution >= 0.6 is 22.9 Å². The van der Waals surface area contributed by atoms with Gasteiger partial charge in [0, 0.05) is 38.5 Å². The second-order valence-electron chi connectivity index (χ2n) is 6.69. The summed E-state index contributed by atoms with van der Waals surface area (Å²) in [6.07, 6.45) is -0.514. The predicted octanol–water partition coefficient (Wildman–Crippen LogP) is 4.73. The first kappa shape index (κ1) is 20.6. The van der Waals surface area contributed by atoms with Gasteiger partial charge < -0.3 is 9.80 Å². The van der Waals surface area contributed by atoms with Crippen molar-refractivity contribution in [1.82, 2.24) is 14.9 Å². The van der Waals surface area contributed by atoms with Crippen LogP contribution < -0.4 is 4.90 Å². The van der Waals surface area contributed by atoms with E-state index < -0.39 is 11.7 Å². The average Bonchev–Trinajstić information content (AvgIpc) is 3.14. The lowest BCUT2D eigenvalue weighted by Crippen LogP contribution is -2.48. The molecule has 0 N–H and O–H groups in total. The zero-order valence-corrected chi connectivity index (χ0v) is 17.1. The Labute approximate surface area is 179 Å². The first-order chi connectivity index (χ1) is 14.3. The number of hydrogen-bond acceptors (Lipinski definition) is 5. The van der Waals surface area contributed by atoms with Crippen LogP contribution in [-0.4, -0.2) is 47.0 Å². The zero-order chi connectivity index (χ0) is 21.3. The highest BCUT2D eigenvalue weighted by Gasteiger charge is 2.32. The van der Waals surface area contributed by atoms with Crippen LogP contribution in [0.4, 0.5) is 19.0 Å². The Morgan fingerprint density at radius 1 is 1.17 bits per heavy atom. The van der Waals surface area contributed by atoms with E-state index in [0.29, 0.717) is 32.0 Å². The van der Waals surface area contributed by atoms with E-state index in [4.69, 9.17) is 11.6 Å². The number of nitrogens with zero attached hydrogens (tertiary/aromatic N) is 4. The van der Waals surface area contributed by atoms with Gasteiger partial charge in [0.25, 0.3) is 0 Å². The number of anilines is 1. The molecule has 156 valence electrons. The van der Waals surface area contributed by atoms with Gasteiger partial charge in [-0.15, -0.1) is 11.3 Å². The molecular formula is C20H16ClF3N4OS. The van der Waals surface area contributed by atoms with Crippen LogP contribution in [0.25, 0.3) is 16.3 Å². The second-order valence-corrected chi connectivity index (χ2v) is 8.16. The molecule has 4 rings (SSSR count). The molecule has 0 bridgehead atoms. The highest BCUT2D eigenvalue weighted by Crippen LogP contribution is 2.33. The molecule has 0 unspecified atom stereocenters. The van der Waals surface area contributed by atoms with Crippen LogP contribution in [-0.2, 0) is 11.0 Å². The minimum atomic E-state index is -4.49. The third-order valence-corrected chi connectivity index (χ3v) is 6.00. The van der Waals surface area contributed by atoms with E-state index in [9.17, 15) is 18.0 Å².